The van der Waals surface area contributed by atoms with Crippen molar-refractivity contribution < 1.29 is 19.2 Å². The minimum Gasteiger partial charge on any atom is -0.481 e. The first kappa shape index (κ1) is 13.5. The number of hydrogen-bond acceptors (Lipinski definition) is 6. The third kappa shape index (κ3) is 2.69. The Kier molecular flexibility index (Phi) is 3.71. The van der Waals surface area contributed by atoms with Crippen molar-refractivity contribution in [2.45, 2.75) is 31.8 Å². The van der Waals surface area contributed by atoms with Crippen molar-refractivity contribution in [1.29, 1.82) is 0 Å². The Morgan fingerprint density at radius 3 is 3.10 bits per heavy atom. The van der Waals surface area contributed by atoms with E-state index < -0.39 is 5.97 Å². The summed E-state index contributed by atoms with van der Waals surface area (Å²) in [4.78, 5) is 17.5. The molecule has 2 fully saturated rings. The molecule has 0 bridgehead atoms. The van der Waals surface area contributed by atoms with Crippen molar-refractivity contribution >= 4 is 5.97 Å². The summed E-state index contributed by atoms with van der Waals surface area (Å²) in [6.07, 6.45) is 1.52. The van der Waals surface area contributed by atoms with Gasteiger partial charge in [0.2, 0.25) is 11.7 Å². The number of nitrogens with zero attached hydrogens (tertiary/aromatic N) is 3. The minimum absolute atomic E-state index is 0.121. The topological polar surface area (TPSA) is 88.7 Å². The van der Waals surface area contributed by atoms with Gasteiger partial charge in [0.1, 0.15) is 6.10 Å². The average molecular weight is 281 g/mol. The molecule has 110 valence electrons. The van der Waals surface area contributed by atoms with Gasteiger partial charge in [0, 0.05) is 13.1 Å². The second-order valence-corrected chi connectivity index (χ2v) is 5.44. The van der Waals surface area contributed by atoms with Crippen molar-refractivity contribution in [1.82, 2.24) is 15.0 Å². The van der Waals surface area contributed by atoms with Gasteiger partial charge in [-0.2, -0.15) is 4.98 Å². The van der Waals surface area contributed by atoms with Crippen LogP contribution < -0.4 is 0 Å². The van der Waals surface area contributed by atoms with Crippen LogP contribution in [0.3, 0.4) is 0 Å². The van der Waals surface area contributed by atoms with Crippen LogP contribution in [0.5, 0.6) is 0 Å². The highest BCUT2D eigenvalue weighted by molar-refractivity contribution is 5.74. The maximum Gasteiger partial charge on any atom is 0.307 e. The van der Waals surface area contributed by atoms with Gasteiger partial charge in [0.15, 0.2) is 0 Å². The van der Waals surface area contributed by atoms with Crippen molar-refractivity contribution in [2.24, 2.45) is 5.92 Å². The van der Waals surface area contributed by atoms with Crippen LogP contribution in [0.1, 0.15) is 43.5 Å². The Bertz CT molecular complexity index is 488. The lowest BCUT2D eigenvalue weighted by Crippen LogP contribution is -2.39. The molecule has 0 spiro atoms. The number of aliphatic carboxylic acids is 1. The smallest absolute Gasteiger partial charge is 0.307 e. The van der Waals surface area contributed by atoms with Crippen LogP contribution in [0, 0.1) is 5.92 Å². The summed E-state index contributed by atoms with van der Waals surface area (Å²) in [5.74, 6) is -0.311. The number of hydrogen-bond donors (Lipinski definition) is 1. The molecule has 1 aromatic heterocycles. The lowest BCUT2D eigenvalue weighted by molar-refractivity contribution is -0.138. The zero-order valence-corrected chi connectivity index (χ0v) is 11.5. The number of carbonyl (C=O) groups is 1. The van der Waals surface area contributed by atoms with Gasteiger partial charge in [-0.25, -0.2) is 0 Å². The van der Waals surface area contributed by atoms with E-state index in [9.17, 15) is 4.79 Å². The predicted octanol–water partition coefficient (Wildman–Crippen LogP) is 1.04. The summed E-state index contributed by atoms with van der Waals surface area (Å²) in [6, 6.07) is 0. The molecule has 7 nitrogen and oxygen atoms in total. The van der Waals surface area contributed by atoms with Crippen LogP contribution in [0.4, 0.5) is 0 Å². The second kappa shape index (κ2) is 5.49. The van der Waals surface area contributed by atoms with Crippen molar-refractivity contribution in [2.75, 3.05) is 26.2 Å². The summed E-state index contributed by atoms with van der Waals surface area (Å²) < 4.78 is 10.9. The largest absolute Gasteiger partial charge is 0.481 e. The van der Waals surface area contributed by atoms with Gasteiger partial charge in [-0.05, 0) is 19.4 Å². The van der Waals surface area contributed by atoms with Gasteiger partial charge < -0.3 is 14.4 Å². The molecular weight excluding hydrogens is 262 g/mol. The Hall–Kier alpha value is -1.47. The fraction of sp³-hybridized carbons (Fsp3) is 0.769. The third-order valence-electron chi connectivity index (χ3n) is 3.86. The molecule has 20 heavy (non-hydrogen) atoms. The van der Waals surface area contributed by atoms with Crippen LogP contribution >= 0.6 is 0 Å². The molecule has 1 aromatic rings. The Morgan fingerprint density at radius 1 is 1.55 bits per heavy atom. The first-order valence-electron chi connectivity index (χ1n) is 7.09. The molecule has 3 rings (SSSR count). The maximum atomic E-state index is 10.8. The quantitative estimate of drug-likeness (QED) is 0.862. The van der Waals surface area contributed by atoms with E-state index in [1.54, 1.807) is 0 Å². The minimum atomic E-state index is -0.794. The van der Waals surface area contributed by atoms with Gasteiger partial charge in [-0.3, -0.25) is 9.69 Å². The monoisotopic (exact) mass is 281 g/mol. The number of carboxylic acids is 1. The van der Waals surface area contributed by atoms with Crippen LogP contribution in [-0.4, -0.2) is 52.4 Å². The van der Waals surface area contributed by atoms with E-state index in [2.05, 4.69) is 22.0 Å². The van der Waals surface area contributed by atoms with Gasteiger partial charge in [0.25, 0.3) is 0 Å². The summed E-state index contributed by atoms with van der Waals surface area (Å²) in [5, 5.41) is 12.9. The van der Waals surface area contributed by atoms with E-state index in [-0.39, 0.29) is 17.9 Å². The van der Waals surface area contributed by atoms with E-state index in [1.807, 2.05) is 0 Å². The number of ether oxygens (including phenoxy) is 1. The van der Waals surface area contributed by atoms with E-state index in [1.165, 1.54) is 0 Å². The van der Waals surface area contributed by atoms with Gasteiger partial charge in [-0.1, -0.05) is 12.1 Å². The zero-order chi connectivity index (χ0) is 14.1. The summed E-state index contributed by atoms with van der Waals surface area (Å²) in [6.45, 7) is 5.54. The van der Waals surface area contributed by atoms with Crippen molar-refractivity contribution in [3.8, 4) is 0 Å². The van der Waals surface area contributed by atoms with Gasteiger partial charge in [0.05, 0.1) is 18.4 Å². The van der Waals surface area contributed by atoms with Crippen LogP contribution in [0.15, 0.2) is 4.52 Å². The molecular formula is C13H19N3O4. The molecule has 2 aliphatic rings. The van der Waals surface area contributed by atoms with Crippen LogP contribution in [0.2, 0.25) is 0 Å². The highest BCUT2D eigenvalue weighted by Crippen LogP contribution is 2.47. The number of aromatic nitrogens is 2. The SMILES string of the molecule is CCCN1CCOC(c2noc(C3CC3C(=O)O)n2)C1. The standard InChI is InChI=1S/C13H19N3O4/c1-2-3-16-4-5-19-10(7-16)11-14-12(20-15-11)8-6-9(8)13(17)18/h8-10H,2-7H2,1H3,(H,17,18). The second-order valence-electron chi connectivity index (χ2n) is 5.44. The van der Waals surface area contributed by atoms with Crippen LogP contribution in [-0.2, 0) is 9.53 Å². The number of rotatable bonds is 5. The molecule has 1 aliphatic heterocycles. The Morgan fingerprint density at radius 2 is 2.40 bits per heavy atom. The molecule has 0 radical (unpaired) electrons. The average Bonchev–Trinajstić information content (AvgIpc) is 3.10. The fourth-order valence-corrected chi connectivity index (χ4v) is 2.65. The summed E-state index contributed by atoms with van der Waals surface area (Å²) in [5.41, 5.74) is 0. The van der Waals surface area contributed by atoms with E-state index in [0.29, 0.717) is 24.7 Å². The third-order valence-corrected chi connectivity index (χ3v) is 3.86. The first-order chi connectivity index (χ1) is 9.69. The van der Waals surface area contributed by atoms with Crippen LogP contribution in [0.25, 0.3) is 0 Å². The molecule has 1 saturated heterocycles. The summed E-state index contributed by atoms with van der Waals surface area (Å²) in [7, 11) is 0. The van der Waals surface area contributed by atoms with Crippen molar-refractivity contribution in [3.63, 3.8) is 0 Å². The molecule has 1 saturated carbocycles. The Balaban J connectivity index is 1.63. The molecule has 0 aromatic carbocycles. The molecule has 1 N–H and O–H groups in total. The van der Waals surface area contributed by atoms with Gasteiger partial charge in [-0.15, -0.1) is 0 Å². The lowest BCUT2D eigenvalue weighted by Gasteiger charge is -2.30. The summed E-state index contributed by atoms with van der Waals surface area (Å²) >= 11 is 0. The highest BCUT2D eigenvalue weighted by Gasteiger charge is 2.48. The molecule has 1 aliphatic carbocycles. The van der Waals surface area contributed by atoms with E-state index >= 15 is 0 Å². The predicted molar refractivity (Wildman–Crippen MR) is 68.2 cm³/mol. The lowest BCUT2D eigenvalue weighted by atomic mass is 10.2. The number of carboxylic acid groups (broad SMARTS) is 1. The van der Waals surface area contributed by atoms with E-state index in [4.69, 9.17) is 14.4 Å². The zero-order valence-electron chi connectivity index (χ0n) is 11.5. The highest BCUT2D eigenvalue weighted by atomic mass is 16.5. The number of morpholine rings is 1. The molecule has 7 heteroatoms. The van der Waals surface area contributed by atoms with E-state index in [0.717, 1.165) is 26.1 Å². The molecule has 2 heterocycles. The maximum absolute atomic E-state index is 10.8. The molecule has 3 atom stereocenters. The van der Waals surface area contributed by atoms with Gasteiger partial charge >= 0.3 is 5.97 Å². The molecule has 0 amide bonds. The Labute approximate surface area is 116 Å². The van der Waals surface area contributed by atoms with Crippen molar-refractivity contribution in [3.05, 3.63) is 11.7 Å². The molecule has 3 unspecified atom stereocenters. The first-order valence-corrected chi connectivity index (χ1v) is 7.09. The normalized spacial score (nSPS) is 30.4. The fourth-order valence-electron chi connectivity index (χ4n) is 2.65.